The number of H-pyrrole nitrogens is 1. The van der Waals surface area contributed by atoms with Crippen LogP contribution in [-0.4, -0.2) is 39.1 Å². The molecule has 1 saturated heterocycles. The molecule has 1 aliphatic heterocycles. The van der Waals surface area contributed by atoms with E-state index in [1.54, 1.807) is 4.57 Å². The molecule has 8 heteroatoms. The molecule has 7 nitrogen and oxygen atoms in total. The fourth-order valence-electron chi connectivity index (χ4n) is 3.03. The minimum atomic E-state index is -0.268. The molecular weight excluding hydrogens is 364 g/mol. The minimum absolute atomic E-state index is 0.0414. The van der Waals surface area contributed by atoms with Gasteiger partial charge in [0.15, 0.2) is 5.16 Å². The van der Waals surface area contributed by atoms with E-state index < -0.39 is 0 Å². The summed E-state index contributed by atoms with van der Waals surface area (Å²) in [4.78, 5) is 24.2. The third-order valence-electron chi connectivity index (χ3n) is 4.52. The number of rotatable bonds is 9. The van der Waals surface area contributed by atoms with Crippen LogP contribution in [0.25, 0.3) is 0 Å². The Morgan fingerprint density at radius 1 is 1.41 bits per heavy atom. The van der Waals surface area contributed by atoms with Gasteiger partial charge in [-0.15, -0.1) is 5.10 Å². The summed E-state index contributed by atoms with van der Waals surface area (Å²) in [6, 6.07) is 7.95. The number of aromatic nitrogens is 3. The van der Waals surface area contributed by atoms with Crippen molar-refractivity contribution in [2.75, 3.05) is 17.7 Å². The lowest BCUT2D eigenvalue weighted by molar-refractivity contribution is -0.113. The Morgan fingerprint density at radius 3 is 2.93 bits per heavy atom. The fraction of sp³-hybridized carbons (Fsp3) is 0.526. The van der Waals surface area contributed by atoms with Gasteiger partial charge in [0.25, 0.3) is 0 Å². The number of amides is 1. The summed E-state index contributed by atoms with van der Waals surface area (Å²) >= 11 is 1.25. The molecule has 1 aliphatic rings. The SMILES string of the molecule is CCCCc1ccc(NC(=O)CSc2n[nH]c(=O)n2C[C@@H]2CCCO2)cc1. The van der Waals surface area contributed by atoms with E-state index >= 15 is 0 Å². The molecule has 2 aromatic rings. The lowest BCUT2D eigenvalue weighted by atomic mass is 10.1. The highest BCUT2D eigenvalue weighted by Gasteiger charge is 2.20. The van der Waals surface area contributed by atoms with Crippen molar-refractivity contribution in [1.29, 1.82) is 0 Å². The molecule has 1 fully saturated rings. The molecule has 0 spiro atoms. The molecule has 1 aromatic heterocycles. The van der Waals surface area contributed by atoms with Gasteiger partial charge in [-0.25, -0.2) is 9.89 Å². The Morgan fingerprint density at radius 2 is 2.22 bits per heavy atom. The average molecular weight is 391 g/mol. The van der Waals surface area contributed by atoms with Gasteiger partial charge in [-0.3, -0.25) is 9.36 Å². The number of ether oxygens (including phenoxy) is 1. The number of nitrogens with zero attached hydrogens (tertiary/aromatic N) is 2. The van der Waals surface area contributed by atoms with Crippen LogP contribution in [0.15, 0.2) is 34.2 Å². The second kappa shape index (κ2) is 9.75. The largest absolute Gasteiger partial charge is 0.376 e. The number of carbonyl (C=O) groups excluding carboxylic acids is 1. The average Bonchev–Trinajstić information content (AvgIpc) is 3.31. The lowest BCUT2D eigenvalue weighted by Gasteiger charge is -2.11. The summed E-state index contributed by atoms with van der Waals surface area (Å²) in [5.41, 5.74) is 1.79. The quantitative estimate of drug-likeness (QED) is 0.643. The van der Waals surface area contributed by atoms with Crippen molar-refractivity contribution in [2.24, 2.45) is 0 Å². The summed E-state index contributed by atoms with van der Waals surface area (Å²) < 4.78 is 7.14. The maximum Gasteiger partial charge on any atom is 0.344 e. The normalized spacial score (nSPS) is 16.6. The van der Waals surface area contributed by atoms with Gasteiger partial charge in [-0.1, -0.05) is 37.2 Å². The van der Waals surface area contributed by atoms with Gasteiger partial charge in [0.05, 0.1) is 18.4 Å². The first-order valence-electron chi connectivity index (χ1n) is 9.44. The van der Waals surface area contributed by atoms with Crippen LogP contribution in [-0.2, 0) is 22.5 Å². The number of carbonyl (C=O) groups is 1. The van der Waals surface area contributed by atoms with E-state index in [-0.39, 0.29) is 23.5 Å². The number of hydrogen-bond acceptors (Lipinski definition) is 5. The number of aromatic amines is 1. The predicted octanol–water partition coefficient (Wildman–Crippen LogP) is 2.82. The van der Waals surface area contributed by atoms with Gasteiger partial charge in [-0.05, 0) is 43.4 Å². The Kier molecular flexibility index (Phi) is 7.11. The minimum Gasteiger partial charge on any atom is -0.376 e. The third-order valence-corrected chi connectivity index (χ3v) is 5.50. The number of anilines is 1. The molecule has 146 valence electrons. The van der Waals surface area contributed by atoms with Crippen LogP contribution >= 0.6 is 11.8 Å². The maximum atomic E-state index is 12.2. The Hall–Kier alpha value is -2.06. The highest BCUT2D eigenvalue weighted by atomic mass is 32.2. The van der Waals surface area contributed by atoms with Crippen LogP contribution in [0.5, 0.6) is 0 Å². The number of thioether (sulfide) groups is 1. The van der Waals surface area contributed by atoms with Crippen molar-refractivity contribution in [1.82, 2.24) is 14.8 Å². The summed E-state index contributed by atoms with van der Waals surface area (Å²) in [6.45, 7) is 3.38. The van der Waals surface area contributed by atoms with E-state index in [2.05, 4.69) is 22.4 Å². The zero-order chi connectivity index (χ0) is 19.1. The summed E-state index contributed by atoms with van der Waals surface area (Å²) in [5, 5.41) is 9.89. The van der Waals surface area contributed by atoms with Crippen LogP contribution in [0.3, 0.4) is 0 Å². The van der Waals surface area contributed by atoms with E-state index in [9.17, 15) is 9.59 Å². The van der Waals surface area contributed by atoms with Crippen molar-refractivity contribution >= 4 is 23.4 Å². The van der Waals surface area contributed by atoms with E-state index in [0.717, 1.165) is 31.6 Å². The molecule has 2 heterocycles. The van der Waals surface area contributed by atoms with E-state index in [4.69, 9.17) is 4.74 Å². The van der Waals surface area contributed by atoms with Crippen molar-refractivity contribution in [3.8, 4) is 0 Å². The lowest BCUT2D eigenvalue weighted by Crippen LogP contribution is -2.25. The van der Waals surface area contributed by atoms with Gasteiger partial charge in [0.1, 0.15) is 0 Å². The van der Waals surface area contributed by atoms with Crippen LogP contribution in [0.4, 0.5) is 5.69 Å². The molecular formula is C19H26N4O3S. The monoisotopic (exact) mass is 390 g/mol. The zero-order valence-electron chi connectivity index (χ0n) is 15.6. The first-order valence-corrected chi connectivity index (χ1v) is 10.4. The molecule has 0 saturated carbocycles. The first-order chi connectivity index (χ1) is 13.2. The summed E-state index contributed by atoms with van der Waals surface area (Å²) in [6.07, 6.45) is 5.39. The van der Waals surface area contributed by atoms with Gasteiger partial charge >= 0.3 is 5.69 Å². The van der Waals surface area contributed by atoms with Gasteiger partial charge in [0, 0.05) is 12.3 Å². The van der Waals surface area contributed by atoms with Gasteiger partial charge in [-0.2, -0.15) is 0 Å². The zero-order valence-corrected chi connectivity index (χ0v) is 16.4. The molecule has 1 atom stereocenters. The maximum absolute atomic E-state index is 12.2. The summed E-state index contributed by atoms with van der Waals surface area (Å²) in [5.74, 6) is 0.0633. The Balaban J connectivity index is 1.51. The first kappa shape index (κ1) is 19.7. The van der Waals surface area contributed by atoms with E-state index in [1.165, 1.54) is 30.2 Å². The van der Waals surface area contributed by atoms with E-state index in [0.29, 0.717) is 11.7 Å². The number of nitrogens with one attached hydrogen (secondary N) is 2. The highest BCUT2D eigenvalue weighted by molar-refractivity contribution is 7.99. The predicted molar refractivity (Wildman–Crippen MR) is 106 cm³/mol. The van der Waals surface area contributed by atoms with E-state index in [1.807, 2.05) is 24.3 Å². The second-order valence-electron chi connectivity index (χ2n) is 6.69. The van der Waals surface area contributed by atoms with Gasteiger partial charge < -0.3 is 10.1 Å². The molecule has 1 aromatic carbocycles. The molecule has 0 aliphatic carbocycles. The Labute approximate surface area is 162 Å². The van der Waals surface area contributed by atoms with Crippen LogP contribution in [0, 0.1) is 0 Å². The van der Waals surface area contributed by atoms with Crippen molar-refractivity contribution in [2.45, 2.75) is 56.8 Å². The van der Waals surface area contributed by atoms with Crippen molar-refractivity contribution in [3.05, 3.63) is 40.3 Å². The molecule has 1 amide bonds. The van der Waals surface area contributed by atoms with Crippen LogP contribution < -0.4 is 11.0 Å². The van der Waals surface area contributed by atoms with Crippen LogP contribution in [0.1, 0.15) is 38.2 Å². The third kappa shape index (κ3) is 5.71. The molecule has 27 heavy (non-hydrogen) atoms. The van der Waals surface area contributed by atoms with Crippen molar-refractivity contribution < 1.29 is 9.53 Å². The number of unbranched alkanes of at least 4 members (excludes halogenated alkanes) is 1. The Bertz CT molecular complexity index is 794. The molecule has 3 rings (SSSR count). The number of benzene rings is 1. The smallest absolute Gasteiger partial charge is 0.344 e. The van der Waals surface area contributed by atoms with Crippen molar-refractivity contribution in [3.63, 3.8) is 0 Å². The van der Waals surface area contributed by atoms with Gasteiger partial charge in [0.2, 0.25) is 5.91 Å². The molecule has 0 bridgehead atoms. The highest BCUT2D eigenvalue weighted by Crippen LogP contribution is 2.19. The topological polar surface area (TPSA) is 89.0 Å². The van der Waals surface area contributed by atoms with Crippen LogP contribution in [0.2, 0.25) is 0 Å². The number of hydrogen-bond donors (Lipinski definition) is 2. The fourth-order valence-corrected chi connectivity index (χ4v) is 3.79. The molecule has 0 radical (unpaired) electrons. The standard InChI is InChI=1S/C19H26N4O3S/c1-2-3-5-14-7-9-15(10-8-14)20-17(24)13-27-19-22-21-18(25)23(19)12-16-6-4-11-26-16/h7-10,16H,2-6,11-13H2,1H3,(H,20,24)(H,21,25)/t16-/m0/s1. The number of aryl methyl sites for hydroxylation is 1. The molecule has 2 N–H and O–H groups in total. The summed E-state index contributed by atoms with van der Waals surface area (Å²) in [7, 11) is 0. The molecule has 0 unspecified atom stereocenters. The second-order valence-corrected chi connectivity index (χ2v) is 7.64.